The summed E-state index contributed by atoms with van der Waals surface area (Å²) in [5, 5.41) is 6.35. The number of nitrogens with one attached hydrogen (secondary N) is 2. The van der Waals surface area contributed by atoms with Gasteiger partial charge in [-0.25, -0.2) is 0 Å². The highest BCUT2D eigenvalue weighted by Crippen LogP contribution is 2.26. The Morgan fingerprint density at radius 3 is 2.65 bits per heavy atom. The van der Waals surface area contributed by atoms with Crippen molar-refractivity contribution in [3.63, 3.8) is 0 Å². The molecule has 0 unspecified atom stereocenters. The number of rotatable bonds is 5. The Bertz CT molecular complexity index is 438. The van der Waals surface area contributed by atoms with Gasteiger partial charge in [-0.2, -0.15) is 0 Å². The highest BCUT2D eigenvalue weighted by atomic mass is 16.1. The zero-order chi connectivity index (χ0) is 14.4. The zero-order valence-corrected chi connectivity index (χ0v) is 12.6. The Hall–Kier alpha value is -1.35. The van der Waals surface area contributed by atoms with Gasteiger partial charge in [0, 0.05) is 11.7 Å². The second-order valence-corrected chi connectivity index (χ2v) is 5.93. The molecule has 0 aliphatic heterocycles. The van der Waals surface area contributed by atoms with E-state index < -0.39 is 0 Å². The van der Waals surface area contributed by atoms with Crippen molar-refractivity contribution in [1.29, 1.82) is 0 Å². The molecule has 1 aliphatic rings. The minimum Gasteiger partial charge on any atom is -0.325 e. The first-order valence-corrected chi connectivity index (χ1v) is 7.75. The van der Waals surface area contributed by atoms with Crippen molar-refractivity contribution in [1.82, 2.24) is 5.32 Å². The van der Waals surface area contributed by atoms with Crippen LogP contribution < -0.4 is 10.6 Å². The van der Waals surface area contributed by atoms with Crippen molar-refractivity contribution >= 4 is 11.6 Å². The number of carbonyl (C=O) groups excluding carboxylic acids is 1. The molecule has 2 N–H and O–H groups in total. The van der Waals surface area contributed by atoms with E-state index in [0.717, 1.165) is 17.2 Å². The lowest BCUT2D eigenvalue weighted by molar-refractivity contribution is -0.115. The Balaban J connectivity index is 1.76. The predicted octanol–water partition coefficient (Wildman–Crippen LogP) is 3.49. The number of aryl methyl sites for hydroxylation is 1. The van der Waals surface area contributed by atoms with Crippen molar-refractivity contribution in [2.24, 2.45) is 5.92 Å². The maximum atomic E-state index is 12.0. The summed E-state index contributed by atoms with van der Waals surface area (Å²) in [6, 6.07) is 8.30. The molecule has 20 heavy (non-hydrogen) atoms. The van der Waals surface area contributed by atoms with Crippen molar-refractivity contribution in [3.8, 4) is 0 Å². The fourth-order valence-electron chi connectivity index (χ4n) is 2.96. The minimum atomic E-state index is 0.0435. The third kappa shape index (κ3) is 4.34. The van der Waals surface area contributed by atoms with E-state index in [2.05, 4.69) is 17.6 Å². The van der Waals surface area contributed by atoms with Gasteiger partial charge in [0.05, 0.1) is 6.54 Å². The van der Waals surface area contributed by atoms with Gasteiger partial charge in [-0.1, -0.05) is 37.5 Å². The fraction of sp³-hybridized carbons (Fsp3) is 0.588. The van der Waals surface area contributed by atoms with E-state index in [4.69, 9.17) is 0 Å². The van der Waals surface area contributed by atoms with Crippen molar-refractivity contribution in [2.45, 2.75) is 52.0 Å². The normalized spacial score (nSPS) is 17.7. The Morgan fingerprint density at radius 1 is 1.25 bits per heavy atom. The summed E-state index contributed by atoms with van der Waals surface area (Å²) in [5.74, 6) is 0.775. The number of benzene rings is 1. The standard InChI is InChI=1S/C17H26N2O/c1-13-8-6-7-11-16(13)19-17(20)12-18-14(2)15-9-4-3-5-10-15/h6-8,11,14-15,18H,3-5,9-10,12H2,1-2H3,(H,19,20)/t14-/m1/s1. The molecular weight excluding hydrogens is 248 g/mol. The SMILES string of the molecule is Cc1ccccc1NC(=O)CN[C@H](C)C1CCCCC1. The molecule has 0 radical (unpaired) electrons. The monoisotopic (exact) mass is 274 g/mol. The Kier molecular flexibility index (Phi) is 5.60. The third-order valence-corrected chi connectivity index (χ3v) is 4.36. The van der Waals surface area contributed by atoms with Crippen LogP contribution in [-0.2, 0) is 4.79 Å². The maximum absolute atomic E-state index is 12.0. The Morgan fingerprint density at radius 2 is 1.95 bits per heavy atom. The molecule has 1 saturated carbocycles. The highest BCUT2D eigenvalue weighted by molar-refractivity contribution is 5.92. The largest absolute Gasteiger partial charge is 0.325 e. The summed E-state index contributed by atoms with van der Waals surface area (Å²) in [6.07, 6.45) is 6.65. The lowest BCUT2D eigenvalue weighted by Gasteiger charge is -2.28. The molecule has 1 fully saturated rings. The summed E-state index contributed by atoms with van der Waals surface area (Å²) in [7, 11) is 0. The summed E-state index contributed by atoms with van der Waals surface area (Å²) < 4.78 is 0. The van der Waals surface area contributed by atoms with Crippen molar-refractivity contribution < 1.29 is 4.79 Å². The van der Waals surface area contributed by atoms with E-state index in [1.165, 1.54) is 32.1 Å². The van der Waals surface area contributed by atoms with Crippen LogP contribution in [0.4, 0.5) is 5.69 Å². The summed E-state index contributed by atoms with van der Waals surface area (Å²) in [4.78, 5) is 12.0. The molecule has 1 atom stereocenters. The molecule has 1 aliphatic carbocycles. The van der Waals surface area contributed by atoms with Crippen LogP contribution in [0, 0.1) is 12.8 Å². The molecule has 3 nitrogen and oxygen atoms in total. The molecule has 0 saturated heterocycles. The van der Waals surface area contributed by atoms with Gasteiger partial charge in [-0.05, 0) is 44.2 Å². The quantitative estimate of drug-likeness (QED) is 0.863. The molecule has 2 rings (SSSR count). The van der Waals surface area contributed by atoms with Crippen molar-refractivity contribution in [2.75, 3.05) is 11.9 Å². The topological polar surface area (TPSA) is 41.1 Å². The number of amides is 1. The smallest absolute Gasteiger partial charge is 0.238 e. The first-order valence-electron chi connectivity index (χ1n) is 7.75. The number of para-hydroxylation sites is 1. The van der Waals surface area contributed by atoms with Crippen LogP contribution in [-0.4, -0.2) is 18.5 Å². The van der Waals surface area contributed by atoms with Crippen LogP contribution in [0.3, 0.4) is 0 Å². The van der Waals surface area contributed by atoms with Crippen LogP contribution in [0.15, 0.2) is 24.3 Å². The molecule has 1 aromatic rings. The first-order chi connectivity index (χ1) is 9.66. The average molecular weight is 274 g/mol. The lowest BCUT2D eigenvalue weighted by Crippen LogP contribution is -2.39. The molecule has 3 heteroatoms. The molecule has 0 heterocycles. The third-order valence-electron chi connectivity index (χ3n) is 4.36. The number of anilines is 1. The highest BCUT2D eigenvalue weighted by Gasteiger charge is 2.20. The lowest BCUT2D eigenvalue weighted by atomic mass is 9.84. The van der Waals surface area contributed by atoms with E-state index in [-0.39, 0.29) is 5.91 Å². The van der Waals surface area contributed by atoms with Crippen LogP contribution in [0.1, 0.15) is 44.6 Å². The van der Waals surface area contributed by atoms with Gasteiger partial charge in [0.2, 0.25) is 5.91 Å². The molecule has 0 spiro atoms. The van der Waals surface area contributed by atoms with Crippen LogP contribution in [0.25, 0.3) is 0 Å². The van der Waals surface area contributed by atoms with Crippen molar-refractivity contribution in [3.05, 3.63) is 29.8 Å². The van der Waals surface area contributed by atoms with Gasteiger partial charge in [-0.15, -0.1) is 0 Å². The second-order valence-electron chi connectivity index (χ2n) is 5.93. The van der Waals surface area contributed by atoms with E-state index in [1.807, 2.05) is 31.2 Å². The zero-order valence-electron chi connectivity index (χ0n) is 12.6. The van der Waals surface area contributed by atoms with Gasteiger partial charge in [0.15, 0.2) is 0 Å². The number of hydrogen-bond donors (Lipinski definition) is 2. The van der Waals surface area contributed by atoms with E-state index in [1.54, 1.807) is 0 Å². The first kappa shape index (κ1) is 15.0. The van der Waals surface area contributed by atoms with E-state index >= 15 is 0 Å². The van der Waals surface area contributed by atoms with Gasteiger partial charge in [0.1, 0.15) is 0 Å². The summed E-state index contributed by atoms with van der Waals surface area (Å²) in [5.41, 5.74) is 2.01. The van der Waals surface area contributed by atoms with Crippen LogP contribution in [0.2, 0.25) is 0 Å². The number of carbonyl (C=O) groups is 1. The van der Waals surface area contributed by atoms with Gasteiger partial charge in [0.25, 0.3) is 0 Å². The van der Waals surface area contributed by atoms with Gasteiger partial charge < -0.3 is 10.6 Å². The summed E-state index contributed by atoms with van der Waals surface area (Å²) in [6.45, 7) is 4.61. The predicted molar refractivity (Wildman–Crippen MR) is 83.8 cm³/mol. The average Bonchev–Trinajstić information content (AvgIpc) is 2.48. The molecular formula is C17H26N2O. The molecule has 1 amide bonds. The molecule has 0 bridgehead atoms. The summed E-state index contributed by atoms with van der Waals surface area (Å²) >= 11 is 0. The van der Waals surface area contributed by atoms with Crippen LogP contribution >= 0.6 is 0 Å². The molecule has 1 aromatic carbocycles. The fourth-order valence-corrected chi connectivity index (χ4v) is 2.96. The molecule has 0 aromatic heterocycles. The maximum Gasteiger partial charge on any atom is 0.238 e. The van der Waals surface area contributed by atoms with Gasteiger partial charge in [-0.3, -0.25) is 4.79 Å². The number of hydrogen-bond acceptors (Lipinski definition) is 2. The van der Waals surface area contributed by atoms with Gasteiger partial charge >= 0.3 is 0 Å². The minimum absolute atomic E-state index is 0.0435. The second kappa shape index (κ2) is 7.44. The van der Waals surface area contributed by atoms with E-state index in [0.29, 0.717) is 12.6 Å². The van der Waals surface area contributed by atoms with Crippen LogP contribution in [0.5, 0.6) is 0 Å². The van der Waals surface area contributed by atoms with E-state index in [9.17, 15) is 4.79 Å². The Labute approximate surface area is 122 Å². The molecule has 110 valence electrons.